The van der Waals surface area contributed by atoms with Gasteiger partial charge in [0.15, 0.2) is 5.82 Å². The van der Waals surface area contributed by atoms with Gasteiger partial charge < -0.3 is 0 Å². The molecule has 16 rings (SSSR count). The lowest BCUT2D eigenvalue weighted by Gasteiger charge is -2.18. The van der Waals surface area contributed by atoms with Crippen LogP contribution in [0, 0.1) is 0 Å². The van der Waals surface area contributed by atoms with E-state index in [4.69, 9.17) is 15.0 Å². The van der Waals surface area contributed by atoms with E-state index < -0.39 is 0 Å². The van der Waals surface area contributed by atoms with Crippen LogP contribution in [0.5, 0.6) is 0 Å². The second-order valence-electron chi connectivity index (χ2n) is 19.6. The predicted octanol–water partition coefficient (Wildman–Crippen LogP) is 18.3. The van der Waals surface area contributed by atoms with Gasteiger partial charge in [0.25, 0.3) is 0 Å². The zero-order valence-corrected chi connectivity index (χ0v) is 39.9. The topological polar surface area (TPSA) is 51.6 Å². The molecule has 0 saturated carbocycles. The van der Waals surface area contributed by atoms with E-state index in [1.807, 2.05) is 18.6 Å². The summed E-state index contributed by atoms with van der Waals surface area (Å²) in [7, 11) is 0. The molecule has 0 bridgehead atoms. The smallest absolute Gasteiger partial charge is 0.160 e. The fourth-order valence-corrected chi connectivity index (χ4v) is 12.3. The number of nitrogens with zero attached hydrogens (tertiary/aromatic N) is 4. The van der Waals surface area contributed by atoms with Crippen molar-refractivity contribution in [3.05, 3.63) is 243 Å². The third kappa shape index (κ3) is 6.03. The van der Waals surface area contributed by atoms with Gasteiger partial charge in [0, 0.05) is 62.6 Å². The molecule has 0 unspecified atom stereocenters. The molecule has 0 fully saturated rings. The van der Waals surface area contributed by atoms with E-state index in [9.17, 15) is 0 Å². The predicted molar refractivity (Wildman–Crippen MR) is 307 cm³/mol. The van der Waals surface area contributed by atoms with Gasteiger partial charge in [-0.15, -0.1) is 0 Å². The van der Waals surface area contributed by atoms with Crippen LogP contribution in [-0.4, -0.2) is 19.9 Å². The minimum absolute atomic E-state index is 0.655. The van der Waals surface area contributed by atoms with Crippen LogP contribution < -0.4 is 0 Å². The van der Waals surface area contributed by atoms with E-state index in [1.54, 1.807) is 0 Å². The molecule has 0 aliphatic heterocycles. The van der Waals surface area contributed by atoms with Crippen molar-refractivity contribution in [2.75, 3.05) is 0 Å². The monoisotopic (exact) mass is 936 g/mol. The minimum atomic E-state index is 0.655. The van der Waals surface area contributed by atoms with Crippen LogP contribution in [-0.2, 0) is 0 Å². The fraction of sp³-hybridized carbons (Fsp3) is 0. The molecule has 14 aromatic rings. The van der Waals surface area contributed by atoms with Crippen LogP contribution in [0.1, 0.15) is 0 Å². The Morgan fingerprint density at radius 2 is 0.770 bits per heavy atom. The van der Waals surface area contributed by atoms with Gasteiger partial charge in [0.05, 0.1) is 16.9 Å². The van der Waals surface area contributed by atoms with Gasteiger partial charge >= 0.3 is 0 Å². The summed E-state index contributed by atoms with van der Waals surface area (Å²) in [6.45, 7) is 0. The third-order valence-electron chi connectivity index (χ3n) is 15.7. The highest BCUT2D eigenvalue weighted by Gasteiger charge is 2.27. The molecule has 11 aromatic carbocycles. The highest BCUT2D eigenvalue weighted by molar-refractivity contribution is 6.22. The largest absolute Gasteiger partial charge is 0.263 e. The third-order valence-corrected chi connectivity index (χ3v) is 15.7. The van der Waals surface area contributed by atoms with Crippen molar-refractivity contribution in [2.45, 2.75) is 0 Å². The molecule has 0 atom stereocenters. The number of benzene rings is 11. The Labute approximate surface area is 426 Å². The average molecular weight is 937 g/mol. The van der Waals surface area contributed by atoms with Gasteiger partial charge in [-0.25, -0.2) is 9.97 Å². The lowest BCUT2D eigenvalue weighted by Crippen LogP contribution is -1.99. The number of hydrogen-bond donors (Lipinski definition) is 0. The molecular formula is C70H40N4. The Kier molecular flexibility index (Phi) is 8.71. The number of aromatic nitrogens is 4. The van der Waals surface area contributed by atoms with Crippen molar-refractivity contribution >= 4 is 54.0 Å². The normalized spacial score (nSPS) is 12.1. The average Bonchev–Trinajstić information content (AvgIpc) is 4.00. The molecule has 0 amide bonds. The van der Waals surface area contributed by atoms with Crippen LogP contribution in [0.4, 0.5) is 0 Å². The maximum atomic E-state index is 5.69. The molecule has 2 aliphatic rings. The van der Waals surface area contributed by atoms with E-state index in [1.165, 1.54) is 77.0 Å². The van der Waals surface area contributed by atoms with Gasteiger partial charge in [0.2, 0.25) is 0 Å². The first-order valence-corrected chi connectivity index (χ1v) is 25.3. The molecule has 0 spiro atoms. The summed E-state index contributed by atoms with van der Waals surface area (Å²) in [6.07, 6.45) is 5.80. The zero-order chi connectivity index (χ0) is 48.4. The molecule has 0 saturated heterocycles. The summed E-state index contributed by atoms with van der Waals surface area (Å²) in [4.78, 5) is 20.8. The van der Waals surface area contributed by atoms with Crippen LogP contribution >= 0.6 is 0 Å². The second kappa shape index (κ2) is 15.8. The SMILES string of the molecule is c1ccc2c(c1)-c1cccc3c(-c4cc(-c5ccc6c7c(cccc57)-c5ccccc5-6)c5nc(-c6ccc(-c7nccc8ccccc78)cc6)nc(-c6ccc(-c7cncc8ccccc78)cc6)c5c4)ccc-2c13. The Bertz CT molecular complexity index is 4640. The highest BCUT2D eigenvalue weighted by Crippen LogP contribution is 2.53. The van der Waals surface area contributed by atoms with E-state index in [0.29, 0.717) is 5.82 Å². The Hall–Kier alpha value is -9.90. The van der Waals surface area contributed by atoms with Gasteiger partial charge in [-0.05, 0) is 117 Å². The summed E-state index contributed by atoms with van der Waals surface area (Å²) in [5, 5.41) is 10.5. The number of fused-ring (bicyclic) bond motifs is 9. The minimum Gasteiger partial charge on any atom is -0.263 e. The molecule has 0 radical (unpaired) electrons. The first-order valence-electron chi connectivity index (χ1n) is 25.3. The first kappa shape index (κ1) is 40.8. The fourth-order valence-electron chi connectivity index (χ4n) is 12.3. The van der Waals surface area contributed by atoms with Crippen molar-refractivity contribution in [2.24, 2.45) is 0 Å². The maximum absolute atomic E-state index is 5.69. The highest BCUT2D eigenvalue weighted by atomic mass is 14.9. The van der Waals surface area contributed by atoms with Gasteiger partial charge in [-0.1, -0.05) is 206 Å². The summed E-state index contributed by atoms with van der Waals surface area (Å²) in [5.74, 6) is 0.655. The number of rotatable bonds is 6. The lowest BCUT2D eigenvalue weighted by atomic mass is 9.88. The number of hydrogen-bond acceptors (Lipinski definition) is 4. The number of pyridine rings is 2. The van der Waals surface area contributed by atoms with Crippen LogP contribution in [0.25, 0.3) is 166 Å². The lowest BCUT2D eigenvalue weighted by molar-refractivity contribution is 1.23. The molecule has 4 heteroatoms. The van der Waals surface area contributed by atoms with Gasteiger partial charge in [0.1, 0.15) is 0 Å². The molecule has 74 heavy (non-hydrogen) atoms. The van der Waals surface area contributed by atoms with Crippen LogP contribution in [0.2, 0.25) is 0 Å². The molecule has 340 valence electrons. The van der Waals surface area contributed by atoms with Crippen molar-refractivity contribution in [3.63, 3.8) is 0 Å². The van der Waals surface area contributed by atoms with Gasteiger partial charge in [-0.3, -0.25) is 9.97 Å². The summed E-state index contributed by atoms with van der Waals surface area (Å²) >= 11 is 0. The molecule has 3 aromatic heterocycles. The summed E-state index contributed by atoms with van der Waals surface area (Å²) in [5.41, 5.74) is 22.5. The van der Waals surface area contributed by atoms with Crippen LogP contribution in [0.15, 0.2) is 243 Å². The molecule has 4 nitrogen and oxygen atoms in total. The Balaban J connectivity index is 0.968. The van der Waals surface area contributed by atoms with Crippen LogP contribution in [0.3, 0.4) is 0 Å². The Morgan fingerprint density at radius 3 is 1.46 bits per heavy atom. The molecule has 3 heterocycles. The molecule has 2 aliphatic carbocycles. The van der Waals surface area contributed by atoms with Crippen molar-refractivity contribution in [1.29, 1.82) is 0 Å². The second-order valence-corrected chi connectivity index (χ2v) is 19.6. The van der Waals surface area contributed by atoms with E-state index in [0.717, 1.165) is 83.0 Å². The van der Waals surface area contributed by atoms with Crippen molar-refractivity contribution in [1.82, 2.24) is 19.9 Å². The maximum Gasteiger partial charge on any atom is 0.160 e. The molecule has 0 N–H and O–H groups in total. The van der Waals surface area contributed by atoms with E-state index in [2.05, 4.69) is 229 Å². The quantitative estimate of drug-likeness (QED) is 0.167. The van der Waals surface area contributed by atoms with Crippen molar-refractivity contribution in [3.8, 4) is 112 Å². The van der Waals surface area contributed by atoms with Gasteiger partial charge in [-0.2, -0.15) is 0 Å². The molecular weight excluding hydrogens is 897 g/mol. The summed E-state index contributed by atoms with van der Waals surface area (Å²) in [6, 6.07) is 81.6. The zero-order valence-electron chi connectivity index (χ0n) is 39.9. The van der Waals surface area contributed by atoms with E-state index >= 15 is 0 Å². The standard InChI is InChI=1S/C70H40N4/c1-4-14-50-41(11-1)35-36-72-67(50)43-27-29-45(30-28-43)70-73-68(44-25-23-42(24-26-44)64-40-71-39-46-12-2-3-13-48(46)64)63-38-47(49-31-33-60-53-17-7-5-15-51(53)57-20-9-19-56(49)65(57)60)37-62(69(63)74-70)55-32-34-61-54-18-8-6-16-52(54)58-21-10-22-59(55)66(58)61/h1-40H. The van der Waals surface area contributed by atoms with Crippen molar-refractivity contribution < 1.29 is 0 Å². The first-order chi connectivity index (χ1) is 36.7. The summed E-state index contributed by atoms with van der Waals surface area (Å²) < 4.78 is 0. The Morgan fingerprint density at radius 1 is 0.257 bits per heavy atom. The van der Waals surface area contributed by atoms with E-state index in [-0.39, 0.29) is 0 Å².